The van der Waals surface area contributed by atoms with Crippen LogP contribution in [0.2, 0.25) is 0 Å². The lowest BCUT2D eigenvalue weighted by Gasteiger charge is -2.35. The standard InChI is InChI=1S/C29H34N2O2S/c1-28(2,3)31-29(4,32)24-17-21(20-11-13-25-22(16-20)14-15-33-25)10-12-23(24)26-18-30-27(34-26)19-8-6-5-7-9-19/h10-19,31-32H,5-9H2,1-4H3. The molecule has 1 atom stereocenters. The van der Waals surface area contributed by atoms with Gasteiger partial charge in [0.1, 0.15) is 11.3 Å². The zero-order valence-electron chi connectivity index (χ0n) is 20.5. The van der Waals surface area contributed by atoms with Crippen LogP contribution in [0.5, 0.6) is 0 Å². The van der Waals surface area contributed by atoms with Crippen LogP contribution < -0.4 is 5.32 Å². The summed E-state index contributed by atoms with van der Waals surface area (Å²) in [6, 6.07) is 14.6. The third kappa shape index (κ3) is 4.83. The van der Waals surface area contributed by atoms with Crippen LogP contribution in [0.4, 0.5) is 0 Å². The van der Waals surface area contributed by atoms with Crippen molar-refractivity contribution in [2.45, 2.75) is 77.0 Å². The second kappa shape index (κ2) is 8.95. The molecule has 34 heavy (non-hydrogen) atoms. The van der Waals surface area contributed by atoms with Crippen LogP contribution in [0.3, 0.4) is 0 Å². The molecule has 2 aromatic carbocycles. The van der Waals surface area contributed by atoms with Gasteiger partial charge in [-0.1, -0.05) is 37.5 Å². The van der Waals surface area contributed by atoms with Gasteiger partial charge in [0.15, 0.2) is 0 Å². The average Bonchev–Trinajstić information content (AvgIpc) is 3.47. The minimum Gasteiger partial charge on any atom is -0.464 e. The molecule has 4 nitrogen and oxygen atoms in total. The number of nitrogens with one attached hydrogen (secondary N) is 1. The van der Waals surface area contributed by atoms with Gasteiger partial charge in [-0.3, -0.25) is 5.32 Å². The second-order valence-electron chi connectivity index (χ2n) is 10.8. The van der Waals surface area contributed by atoms with Crippen molar-refractivity contribution >= 4 is 22.3 Å². The summed E-state index contributed by atoms with van der Waals surface area (Å²) in [6.45, 7) is 8.08. The quantitative estimate of drug-likeness (QED) is 0.289. The summed E-state index contributed by atoms with van der Waals surface area (Å²) in [7, 11) is 0. The van der Waals surface area contributed by atoms with E-state index in [1.807, 2.05) is 25.3 Å². The van der Waals surface area contributed by atoms with Crippen LogP contribution in [0, 0.1) is 0 Å². The fourth-order valence-corrected chi connectivity index (χ4v) is 6.36. The van der Waals surface area contributed by atoms with Gasteiger partial charge in [-0.2, -0.15) is 0 Å². The molecule has 178 valence electrons. The van der Waals surface area contributed by atoms with E-state index < -0.39 is 5.72 Å². The van der Waals surface area contributed by atoms with Crippen molar-refractivity contribution in [1.82, 2.24) is 10.3 Å². The van der Waals surface area contributed by atoms with Gasteiger partial charge < -0.3 is 9.52 Å². The number of nitrogens with zero attached hydrogens (tertiary/aromatic N) is 1. The van der Waals surface area contributed by atoms with Gasteiger partial charge in [-0.15, -0.1) is 11.3 Å². The molecule has 5 heteroatoms. The molecule has 1 aliphatic carbocycles. The van der Waals surface area contributed by atoms with Gasteiger partial charge in [0.25, 0.3) is 0 Å². The van der Waals surface area contributed by atoms with Crippen molar-refractivity contribution in [1.29, 1.82) is 0 Å². The number of aliphatic hydroxyl groups is 1. The Bertz CT molecular complexity index is 1290. The highest BCUT2D eigenvalue weighted by Crippen LogP contribution is 2.41. The molecule has 1 aliphatic rings. The van der Waals surface area contributed by atoms with Crippen LogP contribution in [0.25, 0.3) is 32.5 Å². The Morgan fingerprint density at radius 3 is 2.47 bits per heavy atom. The molecule has 1 unspecified atom stereocenters. The van der Waals surface area contributed by atoms with E-state index in [-0.39, 0.29) is 5.54 Å². The monoisotopic (exact) mass is 474 g/mol. The first kappa shape index (κ1) is 23.3. The third-order valence-corrected chi connectivity index (χ3v) is 7.88. The first-order chi connectivity index (χ1) is 16.2. The minimum absolute atomic E-state index is 0.257. The molecule has 0 amide bonds. The van der Waals surface area contributed by atoms with Crippen LogP contribution in [0.1, 0.15) is 76.3 Å². The van der Waals surface area contributed by atoms with Gasteiger partial charge in [0.2, 0.25) is 0 Å². The number of rotatable bonds is 5. The van der Waals surface area contributed by atoms with E-state index in [0.29, 0.717) is 5.92 Å². The van der Waals surface area contributed by atoms with Gasteiger partial charge in [-0.05, 0) is 75.9 Å². The predicted octanol–water partition coefficient (Wildman–Crippen LogP) is 7.82. The third-order valence-electron chi connectivity index (χ3n) is 6.69. The van der Waals surface area contributed by atoms with Gasteiger partial charge in [-0.25, -0.2) is 4.98 Å². The second-order valence-corrected chi connectivity index (χ2v) is 11.8. The molecule has 4 aromatic rings. The number of benzene rings is 2. The smallest absolute Gasteiger partial charge is 0.140 e. The van der Waals surface area contributed by atoms with E-state index in [1.165, 1.54) is 37.1 Å². The highest BCUT2D eigenvalue weighted by Gasteiger charge is 2.32. The molecule has 5 rings (SSSR count). The van der Waals surface area contributed by atoms with Crippen molar-refractivity contribution < 1.29 is 9.52 Å². The largest absolute Gasteiger partial charge is 0.464 e. The maximum Gasteiger partial charge on any atom is 0.140 e. The van der Waals surface area contributed by atoms with Crippen molar-refractivity contribution in [2.75, 3.05) is 0 Å². The van der Waals surface area contributed by atoms with E-state index in [9.17, 15) is 5.11 Å². The van der Waals surface area contributed by atoms with Crippen molar-refractivity contribution in [3.8, 4) is 21.6 Å². The molecule has 0 radical (unpaired) electrons. The molecular weight excluding hydrogens is 440 g/mol. The maximum atomic E-state index is 11.7. The molecule has 1 saturated carbocycles. The molecule has 1 fully saturated rings. The zero-order valence-corrected chi connectivity index (χ0v) is 21.3. The van der Waals surface area contributed by atoms with E-state index in [1.54, 1.807) is 17.6 Å². The summed E-state index contributed by atoms with van der Waals surface area (Å²) in [5, 5.41) is 17.4. The van der Waals surface area contributed by atoms with E-state index >= 15 is 0 Å². The Labute approximate surface area is 206 Å². The lowest BCUT2D eigenvalue weighted by Crippen LogP contribution is -2.50. The number of fused-ring (bicyclic) bond motifs is 1. The van der Waals surface area contributed by atoms with Gasteiger partial charge >= 0.3 is 0 Å². The first-order valence-electron chi connectivity index (χ1n) is 12.3. The van der Waals surface area contributed by atoms with Crippen molar-refractivity contribution in [2.24, 2.45) is 0 Å². The number of furan rings is 1. The van der Waals surface area contributed by atoms with E-state index in [0.717, 1.165) is 38.1 Å². The fourth-order valence-electron chi connectivity index (χ4n) is 5.24. The minimum atomic E-state index is -1.21. The molecule has 2 N–H and O–H groups in total. The van der Waals surface area contributed by atoms with E-state index in [4.69, 9.17) is 9.40 Å². The Morgan fingerprint density at radius 2 is 1.71 bits per heavy atom. The number of hydrogen-bond acceptors (Lipinski definition) is 5. The average molecular weight is 475 g/mol. The predicted molar refractivity (Wildman–Crippen MR) is 141 cm³/mol. The highest BCUT2D eigenvalue weighted by atomic mass is 32.1. The lowest BCUT2D eigenvalue weighted by atomic mass is 9.90. The number of aromatic nitrogens is 1. The molecule has 2 aromatic heterocycles. The number of thiazole rings is 1. The molecule has 0 bridgehead atoms. The summed E-state index contributed by atoms with van der Waals surface area (Å²) >= 11 is 1.78. The summed E-state index contributed by atoms with van der Waals surface area (Å²) in [5.41, 5.74) is 3.48. The van der Waals surface area contributed by atoms with Gasteiger partial charge in [0.05, 0.1) is 16.1 Å². The fraction of sp³-hybridized carbons (Fsp3) is 0.414. The van der Waals surface area contributed by atoms with Crippen molar-refractivity contribution in [3.05, 3.63) is 65.5 Å². The van der Waals surface area contributed by atoms with E-state index in [2.05, 4.69) is 56.4 Å². The molecule has 2 heterocycles. The lowest BCUT2D eigenvalue weighted by molar-refractivity contribution is -0.00360. The van der Waals surface area contributed by atoms with Crippen LogP contribution in [-0.4, -0.2) is 15.6 Å². The SMILES string of the molecule is CC(C)(C)NC(C)(O)c1cc(-c2ccc3occc3c2)ccc1-c1cnc(C2CCCCC2)s1. The highest BCUT2D eigenvalue weighted by molar-refractivity contribution is 7.15. The molecule has 0 saturated heterocycles. The summed E-state index contributed by atoms with van der Waals surface area (Å²) < 4.78 is 5.52. The Morgan fingerprint density at radius 1 is 0.971 bits per heavy atom. The Hall–Kier alpha value is -2.47. The van der Waals surface area contributed by atoms with Crippen LogP contribution in [-0.2, 0) is 5.72 Å². The zero-order chi connectivity index (χ0) is 23.9. The number of hydrogen-bond donors (Lipinski definition) is 2. The molecule has 0 aliphatic heterocycles. The molecular formula is C29H34N2O2S. The normalized spacial score (nSPS) is 17.2. The van der Waals surface area contributed by atoms with Crippen molar-refractivity contribution in [3.63, 3.8) is 0 Å². The Kier molecular flexibility index (Phi) is 6.13. The van der Waals surface area contributed by atoms with Crippen LogP contribution >= 0.6 is 11.3 Å². The first-order valence-corrected chi connectivity index (χ1v) is 13.1. The summed E-state index contributed by atoms with van der Waals surface area (Å²) in [4.78, 5) is 5.94. The van der Waals surface area contributed by atoms with Crippen LogP contribution in [0.15, 0.2) is 59.3 Å². The maximum absolute atomic E-state index is 11.7. The summed E-state index contributed by atoms with van der Waals surface area (Å²) in [5.74, 6) is 0.574. The van der Waals surface area contributed by atoms with Gasteiger partial charge in [0, 0.05) is 34.2 Å². The topological polar surface area (TPSA) is 58.3 Å². The molecule has 0 spiro atoms. The summed E-state index contributed by atoms with van der Waals surface area (Å²) in [6.07, 6.45) is 10.1. The Balaban J connectivity index is 1.58.